The Labute approximate surface area is 83.8 Å². The zero-order valence-electron chi connectivity index (χ0n) is 8.23. The van der Waals surface area contributed by atoms with E-state index >= 15 is 0 Å². The largest absolute Gasteiger partial charge is 0.385 e. The van der Waals surface area contributed by atoms with Crippen LogP contribution in [0.3, 0.4) is 0 Å². The fourth-order valence-electron chi connectivity index (χ4n) is 0.692. The van der Waals surface area contributed by atoms with E-state index in [1.807, 2.05) is 0 Å². The van der Waals surface area contributed by atoms with Crippen LogP contribution in [0.4, 0.5) is 0 Å². The molecule has 0 aliphatic rings. The monoisotopic (exact) mass is 238 g/mol. The van der Waals surface area contributed by atoms with Crippen LogP contribution < -0.4 is 0 Å². The molecule has 0 unspecified atom stereocenters. The maximum absolute atomic E-state index is 5.48. The molecule has 0 N–H and O–H groups in total. The zero-order chi connectivity index (χ0) is 9.45. The third kappa shape index (κ3) is 7.07. The van der Waals surface area contributed by atoms with Crippen LogP contribution in [0.25, 0.3) is 0 Å². The van der Waals surface area contributed by atoms with Crippen LogP contribution in [-0.2, 0) is 9.47 Å². The first kappa shape index (κ1) is 12.4. The summed E-state index contributed by atoms with van der Waals surface area (Å²) in [6, 6.07) is 0. The van der Waals surface area contributed by atoms with Gasteiger partial charge in [0, 0.05) is 25.7 Å². The number of rotatable bonds is 7. The molecular weight excluding hydrogens is 220 g/mol. The average molecular weight is 239 g/mol. The van der Waals surface area contributed by atoms with E-state index in [-0.39, 0.29) is 5.41 Å². The van der Waals surface area contributed by atoms with E-state index in [1.165, 1.54) is 0 Å². The van der Waals surface area contributed by atoms with Crippen LogP contribution >= 0.6 is 15.9 Å². The topological polar surface area (TPSA) is 18.5 Å². The third-order valence-corrected chi connectivity index (χ3v) is 3.01. The third-order valence-electron chi connectivity index (χ3n) is 1.49. The van der Waals surface area contributed by atoms with Gasteiger partial charge in [-0.3, -0.25) is 0 Å². The molecule has 0 aliphatic carbocycles. The minimum atomic E-state index is 0.243. The SMILES string of the molecule is COCCCOCC(C)(C)CBr. The minimum absolute atomic E-state index is 0.243. The maximum atomic E-state index is 5.48. The molecule has 74 valence electrons. The summed E-state index contributed by atoms with van der Waals surface area (Å²) >= 11 is 3.45. The van der Waals surface area contributed by atoms with E-state index in [1.54, 1.807) is 7.11 Å². The number of hydrogen-bond donors (Lipinski definition) is 0. The normalized spacial score (nSPS) is 12.0. The molecule has 2 nitrogen and oxygen atoms in total. The molecule has 0 atom stereocenters. The van der Waals surface area contributed by atoms with Gasteiger partial charge in [0.1, 0.15) is 0 Å². The van der Waals surface area contributed by atoms with E-state index in [4.69, 9.17) is 9.47 Å². The van der Waals surface area contributed by atoms with Crippen LogP contribution in [0, 0.1) is 5.41 Å². The number of halogens is 1. The molecule has 0 aromatic carbocycles. The lowest BCUT2D eigenvalue weighted by molar-refractivity contribution is 0.0586. The Balaban J connectivity index is 3.19. The van der Waals surface area contributed by atoms with Crippen LogP contribution in [-0.4, -0.2) is 32.3 Å². The second-order valence-electron chi connectivity index (χ2n) is 3.70. The molecule has 0 saturated heterocycles. The predicted molar refractivity (Wildman–Crippen MR) is 54.9 cm³/mol. The Kier molecular flexibility index (Phi) is 7.10. The second-order valence-corrected chi connectivity index (χ2v) is 4.26. The molecule has 3 heteroatoms. The van der Waals surface area contributed by atoms with Crippen molar-refractivity contribution in [2.75, 3.05) is 32.3 Å². The molecule has 0 spiro atoms. The summed E-state index contributed by atoms with van der Waals surface area (Å²) in [5, 5.41) is 0.976. The van der Waals surface area contributed by atoms with Gasteiger partial charge < -0.3 is 9.47 Å². The van der Waals surface area contributed by atoms with Crippen LogP contribution in [0.2, 0.25) is 0 Å². The molecule has 0 aliphatic heterocycles. The number of alkyl halides is 1. The maximum Gasteiger partial charge on any atom is 0.0525 e. The fraction of sp³-hybridized carbons (Fsp3) is 1.00. The lowest BCUT2D eigenvalue weighted by Crippen LogP contribution is -2.21. The van der Waals surface area contributed by atoms with E-state index < -0.39 is 0 Å². The smallest absolute Gasteiger partial charge is 0.0525 e. The Morgan fingerprint density at radius 1 is 1.25 bits per heavy atom. The summed E-state index contributed by atoms with van der Waals surface area (Å²) in [4.78, 5) is 0. The van der Waals surface area contributed by atoms with Gasteiger partial charge in [0.05, 0.1) is 6.61 Å². The van der Waals surface area contributed by atoms with Gasteiger partial charge in [-0.1, -0.05) is 29.8 Å². The van der Waals surface area contributed by atoms with Crippen molar-refractivity contribution in [2.45, 2.75) is 20.3 Å². The van der Waals surface area contributed by atoms with Crippen molar-refractivity contribution in [3.05, 3.63) is 0 Å². The second kappa shape index (κ2) is 6.87. The van der Waals surface area contributed by atoms with E-state index in [0.29, 0.717) is 0 Å². The summed E-state index contributed by atoms with van der Waals surface area (Å²) < 4.78 is 10.4. The van der Waals surface area contributed by atoms with E-state index in [0.717, 1.165) is 31.6 Å². The van der Waals surface area contributed by atoms with Crippen molar-refractivity contribution >= 4 is 15.9 Å². The Bertz CT molecular complexity index is 105. The quantitative estimate of drug-likeness (QED) is 0.502. The Hall–Kier alpha value is 0.400. The van der Waals surface area contributed by atoms with Crippen molar-refractivity contribution in [3.8, 4) is 0 Å². The van der Waals surface area contributed by atoms with Crippen molar-refractivity contribution in [1.82, 2.24) is 0 Å². The molecule has 0 amide bonds. The van der Waals surface area contributed by atoms with Crippen molar-refractivity contribution in [1.29, 1.82) is 0 Å². The molecule has 0 bridgehead atoms. The van der Waals surface area contributed by atoms with E-state index in [9.17, 15) is 0 Å². The first-order chi connectivity index (χ1) is 5.62. The summed E-state index contributed by atoms with van der Waals surface area (Å²) in [5.74, 6) is 0. The molecule has 0 radical (unpaired) electrons. The number of hydrogen-bond acceptors (Lipinski definition) is 2. The first-order valence-corrected chi connectivity index (χ1v) is 5.37. The van der Waals surface area contributed by atoms with Crippen molar-refractivity contribution in [2.24, 2.45) is 5.41 Å². The van der Waals surface area contributed by atoms with Gasteiger partial charge in [-0.2, -0.15) is 0 Å². The van der Waals surface area contributed by atoms with E-state index in [2.05, 4.69) is 29.8 Å². The molecule has 0 heterocycles. The lowest BCUT2D eigenvalue weighted by Gasteiger charge is -2.21. The fourth-order valence-corrected chi connectivity index (χ4v) is 0.854. The Morgan fingerprint density at radius 3 is 2.42 bits per heavy atom. The highest BCUT2D eigenvalue weighted by atomic mass is 79.9. The molecule has 12 heavy (non-hydrogen) atoms. The molecule has 0 rings (SSSR count). The molecule has 0 aromatic heterocycles. The van der Waals surface area contributed by atoms with Gasteiger partial charge in [0.25, 0.3) is 0 Å². The standard InChI is InChI=1S/C9H19BrO2/c1-9(2,7-10)8-12-6-4-5-11-3/h4-8H2,1-3H3. The summed E-state index contributed by atoms with van der Waals surface area (Å²) in [5.41, 5.74) is 0.243. The van der Waals surface area contributed by atoms with Crippen LogP contribution in [0.15, 0.2) is 0 Å². The minimum Gasteiger partial charge on any atom is -0.385 e. The van der Waals surface area contributed by atoms with Gasteiger partial charge in [-0.15, -0.1) is 0 Å². The lowest BCUT2D eigenvalue weighted by atomic mass is 9.99. The molecule has 0 aromatic rings. The number of methoxy groups -OCH3 is 1. The number of ether oxygens (including phenoxy) is 2. The van der Waals surface area contributed by atoms with Crippen LogP contribution in [0.1, 0.15) is 20.3 Å². The summed E-state index contributed by atoms with van der Waals surface area (Å²) in [6.07, 6.45) is 0.981. The summed E-state index contributed by atoms with van der Waals surface area (Å²) in [7, 11) is 1.71. The van der Waals surface area contributed by atoms with Gasteiger partial charge in [-0.05, 0) is 11.8 Å². The highest BCUT2D eigenvalue weighted by Crippen LogP contribution is 2.17. The zero-order valence-corrected chi connectivity index (χ0v) is 9.82. The highest BCUT2D eigenvalue weighted by molar-refractivity contribution is 9.09. The van der Waals surface area contributed by atoms with Gasteiger partial charge in [0.15, 0.2) is 0 Å². The van der Waals surface area contributed by atoms with Gasteiger partial charge in [0.2, 0.25) is 0 Å². The van der Waals surface area contributed by atoms with Crippen molar-refractivity contribution in [3.63, 3.8) is 0 Å². The van der Waals surface area contributed by atoms with Crippen LogP contribution in [0.5, 0.6) is 0 Å². The summed E-state index contributed by atoms with van der Waals surface area (Å²) in [6.45, 7) is 6.75. The highest BCUT2D eigenvalue weighted by Gasteiger charge is 2.15. The first-order valence-electron chi connectivity index (χ1n) is 4.25. The average Bonchev–Trinajstić information content (AvgIpc) is 2.04. The van der Waals surface area contributed by atoms with Crippen molar-refractivity contribution < 1.29 is 9.47 Å². The molecule has 0 saturated carbocycles. The van der Waals surface area contributed by atoms with Gasteiger partial charge >= 0.3 is 0 Å². The Morgan fingerprint density at radius 2 is 1.92 bits per heavy atom. The predicted octanol–water partition coefficient (Wildman–Crippen LogP) is 2.46. The molecule has 0 fully saturated rings. The van der Waals surface area contributed by atoms with Gasteiger partial charge in [-0.25, -0.2) is 0 Å². The molecular formula is C9H19BrO2.